The van der Waals surface area contributed by atoms with E-state index >= 15 is 0 Å². The quantitative estimate of drug-likeness (QED) is 0.133. The normalized spacial score (nSPS) is 18.6. The number of unbranched alkanes of at least 4 members (excludes halogenated alkanes) is 2. The van der Waals surface area contributed by atoms with Gasteiger partial charge in [0.2, 0.25) is 5.36 Å². The van der Waals surface area contributed by atoms with Gasteiger partial charge in [-0.15, -0.1) is 0 Å². The number of nitrogens with zero attached hydrogens (tertiary/aromatic N) is 2. The van der Waals surface area contributed by atoms with E-state index in [-0.39, 0.29) is 6.42 Å². The second-order valence-electron chi connectivity index (χ2n) is 15.5. The maximum absolute atomic E-state index is 12.3. The number of aliphatic carboxylic acids is 1. The van der Waals surface area contributed by atoms with E-state index in [9.17, 15) is 30.7 Å². The summed E-state index contributed by atoms with van der Waals surface area (Å²) in [5.74, 6) is -1.90. The average Bonchev–Trinajstić information content (AvgIpc) is 2.97. The van der Waals surface area contributed by atoms with Gasteiger partial charge in [-0.1, -0.05) is 26.3 Å². The Balaban J connectivity index is 1.85. The van der Waals surface area contributed by atoms with E-state index in [1.54, 1.807) is 0 Å². The van der Waals surface area contributed by atoms with E-state index < -0.39 is 54.2 Å². The highest BCUT2D eigenvalue weighted by Crippen LogP contribution is 2.46. The van der Waals surface area contributed by atoms with Crippen LogP contribution in [0.25, 0.3) is 16.8 Å². The van der Waals surface area contributed by atoms with Gasteiger partial charge >= 0.3 is 5.97 Å². The minimum atomic E-state index is -4.36. The molecule has 0 radical (unpaired) electrons. The SMILES string of the molecule is CCN1c2cc3c(cc2C(CS(=O)(=O)O)=CC1(C)C)C(NCCCCCC(=O)O)=c1cc2c(cc1C3(C)C)=[N+](CC)C(C)(C)C=C2CS(=O)(=O)O. The van der Waals surface area contributed by atoms with Crippen LogP contribution in [-0.4, -0.2) is 79.2 Å². The zero-order chi connectivity index (χ0) is 37.9. The van der Waals surface area contributed by atoms with Gasteiger partial charge in [0.1, 0.15) is 18.1 Å². The Labute approximate surface area is 302 Å². The van der Waals surface area contributed by atoms with Crippen molar-refractivity contribution in [2.45, 2.75) is 97.6 Å². The lowest BCUT2D eigenvalue weighted by Crippen LogP contribution is -2.51. The van der Waals surface area contributed by atoms with Gasteiger partial charge in [-0.05, 0) is 87.1 Å². The van der Waals surface area contributed by atoms with Gasteiger partial charge in [-0.25, -0.2) is 4.58 Å². The molecule has 51 heavy (non-hydrogen) atoms. The average molecular weight is 743 g/mol. The van der Waals surface area contributed by atoms with Crippen molar-refractivity contribution in [1.82, 2.24) is 9.89 Å². The third kappa shape index (κ3) is 7.67. The minimum Gasteiger partial charge on any atom is -0.481 e. The molecule has 2 aliphatic heterocycles. The van der Waals surface area contributed by atoms with Crippen LogP contribution in [0.1, 0.15) is 109 Å². The second kappa shape index (κ2) is 13.5. The van der Waals surface area contributed by atoms with E-state index in [2.05, 4.69) is 54.6 Å². The number of benzene rings is 2. The zero-order valence-corrected chi connectivity index (χ0v) is 32.6. The number of carboxylic acid groups (broad SMARTS) is 1. The predicted octanol–water partition coefficient (Wildman–Crippen LogP) is 4.18. The molecule has 2 heterocycles. The van der Waals surface area contributed by atoms with Crippen LogP contribution in [0.5, 0.6) is 0 Å². The topological polar surface area (TPSA) is 164 Å². The summed E-state index contributed by atoms with van der Waals surface area (Å²) in [6, 6.07) is 8.31. The lowest BCUT2D eigenvalue weighted by molar-refractivity contribution is -0.137. The number of rotatable bonds is 13. The van der Waals surface area contributed by atoms with Crippen LogP contribution in [0.4, 0.5) is 5.69 Å². The fourth-order valence-electron chi connectivity index (χ4n) is 8.43. The maximum Gasteiger partial charge on any atom is 0.303 e. The first-order chi connectivity index (χ1) is 23.5. The molecule has 2 aromatic rings. The molecule has 5 rings (SSSR count). The van der Waals surface area contributed by atoms with Crippen LogP contribution < -0.4 is 25.4 Å². The van der Waals surface area contributed by atoms with Crippen LogP contribution in [0.2, 0.25) is 0 Å². The van der Waals surface area contributed by atoms with Crippen molar-refractivity contribution in [3.63, 3.8) is 0 Å². The fourth-order valence-corrected chi connectivity index (χ4v) is 9.69. The van der Waals surface area contributed by atoms with Crippen LogP contribution in [0.15, 0.2) is 36.4 Å². The highest BCUT2D eigenvalue weighted by molar-refractivity contribution is 7.86. The summed E-state index contributed by atoms with van der Waals surface area (Å²) in [4.78, 5) is 13.3. The summed E-state index contributed by atoms with van der Waals surface area (Å²) in [7, 11) is -8.71. The monoisotopic (exact) mass is 742 g/mol. The predicted molar refractivity (Wildman–Crippen MR) is 203 cm³/mol. The third-order valence-electron chi connectivity index (χ3n) is 10.6. The lowest BCUT2D eigenvalue weighted by Gasteiger charge is -2.45. The molecule has 278 valence electrons. The van der Waals surface area contributed by atoms with Crippen LogP contribution in [0.3, 0.4) is 0 Å². The molecule has 11 nitrogen and oxygen atoms in total. The van der Waals surface area contributed by atoms with Gasteiger partial charge in [-0.3, -0.25) is 13.9 Å². The van der Waals surface area contributed by atoms with Gasteiger partial charge in [-0.2, -0.15) is 16.8 Å². The van der Waals surface area contributed by atoms with Crippen LogP contribution in [0, 0.1) is 0 Å². The fraction of sp³-hybridized carbons (Fsp3) is 0.526. The smallest absolute Gasteiger partial charge is 0.303 e. The number of carbonyl (C=O) groups is 1. The lowest BCUT2D eigenvalue weighted by atomic mass is 9.69. The van der Waals surface area contributed by atoms with Crippen molar-refractivity contribution in [2.24, 2.45) is 0 Å². The van der Waals surface area contributed by atoms with Gasteiger partial charge < -0.3 is 15.3 Å². The second-order valence-corrected chi connectivity index (χ2v) is 18.5. The molecule has 0 amide bonds. The Bertz CT molecular complexity index is 2200. The molecule has 2 aromatic carbocycles. The molecule has 3 aliphatic rings. The molecule has 0 fully saturated rings. The van der Waals surface area contributed by atoms with Crippen molar-refractivity contribution >= 4 is 48.7 Å². The molecule has 4 N–H and O–H groups in total. The largest absolute Gasteiger partial charge is 0.481 e. The van der Waals surface area contributed by atoms with Crippen LogP contribution >= 0.6 is 0 Å². The van der Waals surface area contributed by atoms with E-state index in [4.69, 9.17) is 5.11 Å². The molecule has 0 saturated heterocycles. The Morgan fingerprint density at radius 3 is 2.00 bits per heavy atom. The minimum absolute atomic E-state index is 0.0923. The molecule has 13 heteroatoms. The Morgan fingerprint density at radius 2 is 1.43 bits per heavy atom. The first kappa shape index (κ1) is 38.7. The van der Waals surface area contributed by atoms with Crippen molar-refractivity contribution in [3.8, 4) is 0 Å². The summed E-state index contributed by atoms with van der Waals surface area (Å²) in [6.45, 7) is 18.4. The highest BCUT2D eigenvalue weighted by atomic mass is 32.2. The van der Waals surface area contributed by atoms with Crippen molar-refractivity contribution in [3.05, 3.63) is 74.8 Å². The van der Waals surface area contributed by atoms with E-state index in [0.717, 1.165) is 38.7 Å². The summed E-state index contributed by atoms with van der Waals surface area (Å²) in [5, 5.41) is 14.5. The number of likely N-dealkylation sites (N-methyl/N-ethyl adjacent to an activating group) is 2. The molecule has 0 atom stereocenters. The maximum atomic E-state index is 12.3. The van der Waals surface area contributed by atoms with E-state index in [1.807, 2.05) is 52.0 Å². The molecule has 0 unspecified atom stereocenters. The Morgan fingerprint density at radius 1 is 0.804 bits per heavy atom. The first-order valence-corrected chi connectivity index (χ1v) is 20.8. The summed E-state index contributed by atoms with van der Waals surface area (Å²) < 4.78 is 71.4. The molecular formula is C38H52N3O8S2+. The van der Waals surface area contributed by atoms with E-state index in [0.29, 0.717) is 61.2 Å². The molecule has 0 spiro atoms. The number of anilines is 1. The molecular weight excluding hydrogens is 691 g/mol. The summed E-state index contributed by atoms with van der Waals surface area (Å²) >= 11 is 0. The van der Waals surface area contributed by atoms with Gasteiger partial charge in [0, 0.05) is 72.6 Å². The highest BCUT2D eigenvalue weighted by Gasteiger charge is 2.41. The summed E-state index contributed by atoms with van der Waals surface area (Å²) in [6.07, 6.45) is 5.86. The number of fused-ring (bicyclic) bond motifs is 4. The van der Waals surface area contributed by atoms with E-state index in [1.165, 1.54) is 0 Å². The van der Waals surface area contributed by atoms with Crippen LogP contribution in [-0.2, 0) is 30.4 Å². The number of nitrogens with one attached hydrogen (secondary N) is 1. The Kier molecular flexibility index (Phi) is 10.2. The van der Waals surface area contributed by atoms with Gasteiger partial charge in [0.25, 0.3) is 20.2 Å². The molecule has 0 saturated carbocycles. The summed E-state index contributed by atoms with van der Waals surface area (Å²) in [5.41, 5.74) is 5.37. The van der Waals surface area contributed by atoms with Crippen molar-refractivity contribution in [1.29, 1.82) is 0 Å². The molecule has 0 bridgehead atoms. The Hall–Kier alpha value is -3.52. The van der Waals surface area contributed by atoms with Gasteiger partial charge in [0.15, 0.2) is 5.54 Å². The molecule has 1 aliphatic carbocycles. The standard InChI is InChI=1S/C38H51N3O8S2/c1-9-40-32-18-30-28(16-26(32)24(20-36(40,3)4)22-50(44,45)46)35(39-15-13-11-12-14-34(42)43)29-17-27-25(23-51(47,48)49)21-37(5,6)41(10-2)33(27)19-31(29)38(30,7)8/h16-21H,9-15,22-23H2,1-8H3,(H3,42,43,44,45,46,47,48,49)/p+1. The number of hydrogen-bond acceptors (Lipinski definition) is 7. The third-order valence-corrected chi connectivity index (χ3v) is 11.9. The van der Waals surface area contributed by atoms with Crippen molar-refractivity contribution in [2.75, 3.05) is 36.0 Å². The molecule has 0 aromatic heterocycles. The zero-order valence-electron chi connectivity index (χ0n) is 30.9. The van der Waals surface area contributed by atoms with Gasteiger partial charge in [0.05, 0.1) is 11.1 Å². The first-order valence-electron chi connectivity index (χ1n) is 17.6. The number of hydrogen-bond donors (Lipinski definition) is 4. The number of carboxylic acids is 1. The van der Waals surface area contributed by atoms with Crippen molar-refractivity contribution < 1.29 is 35.8 Å².